The fourth-order valence-electron chi connectivity index (χ4n) is 3.74. The van der Waals surface area contributed by atoms with Crippen LogP contribution in [0.2, 0.25) is 0 Å². The average Bonchev–Trinajstić information content (AvgIpc) is 2.81. The van der Waals surface area contributed by atoms with Crippen LogP contribution in [0.3, 0.4) is 0 Å². The van der Waals surface area contributed by atoms with Gasteiger partial charge in [0.05, 0.1) is 17.6 Å². The van der Waals surface area contributed by atoms with E-state index in [-0.39, 0.29) is 29.2 Å². The third-order valence-corrected chi connectivity index (χ3v) is 6.77. The number of carbonyl (C=O) groups is 1. The number of hydrogen-bond acceptors (Lipinski definition) is 6. The second-order valence-electron chi connectivity index (χ2n) is 8.44. The smallest absolute Gasteiger partial charge is 0.348 e. The third-order valence-electron chi connectivity index (χ3n) is 5.64. The highest BCUT2D eigenvalue weighted by atomic mass is 32.2. The Balaban J connectivity index is 2.03. The Kier molecular flexibility index (Phi) is 8.25. The number of amides is 1. The number of aromatic nitrogens is 1. The molecule has 8 nitrogen and oxygen atoms in total. The molecule has 198 valence electrons. The Hall–Kier alpha value is -3.48. The van der Waals surface area contributed by atoms with E-state index in [9.17, 15) is 31.2 Å². The summed E-state index contributed by atoms with van der Waals surface area (Å²) in [4.78, 5) is 32.0. The minimum absolute atomic E-state index is 0.0146. The number of pyridine rings is 1. The molecule has 12 heteroatoms. The number of benzene rings is 2. The Morgan fingerprint density at radius 2 is 1.76 bits per heavy atom. The average molecular weight is 538 g/mol. The van der Waals surface area contributed by atoms with Gasteiger partial charge in [-0.05, 0) is 54.4 Å². The number of carbonyl (C=O) groups excluding carboxylic acids is 1. The molecule has 0 spiro atoms. The number of aryl methyl sites for hydroxylation is 1. The summed E-state index contributed by atoms with van der Waals surface area (Å²) in [7, 11) is -0.376. The number of alkyl halides is 3. The van der Waals surface area contributed by atoms with E-state index < -0.39 is 33.0 Å². The summed E-state index contributed by atoms with van der Waals surface area (Å²) < 4.78 is 64.2. The number of hydroxylamine groups is 2. The van der Waals surface area contributed by atoms with Gasteiger partial charge in [-0.1, -0.05) is 18.2 Å². The molecule has 0 saturated carbocycles. The summed E-state index contributed by atoms with van der Waals surface area (Å²) in [6.07, 6.45) is -3.53. The Labute approximate surface area is 212 Å². The maximum atomic E-state index is 13.5. The fourth-order valence-corrected chi connectivity index (χ4v) is 4.37. The molecule has 37 heavy (non-hydrogen) atoms. The minimum atomic E-state index is -4.61. The summed E-state index contributed by atoms with van der Waals surface area (Å²) in [6.45, 7) is 1.60. The molecular weight excluding hydrogens is 511 g/mol. The molecule has 1 N–H and O–H groups in total. The van der Waals surface area contributed by atoms with Crippen molar-refractivity contribution in [2.75, 3.05) is 20.4 Å². The molecule has 0 fully saturated rings. The fraction of sp³-hybridized carbons (Fsp3) is 0.280. The lowest BCUT2D eigenvalue weighted by Crippen LogP contribution is -2.36. The van der Waals surface area contributed by atoms with Crippen molar-refractivity contribution in [1.29, 1.82) is 0 Å². The molecule has 0 atom stereocenters. The summed E-state index contributed by atoms with van der Waals surface area (Å²) in [5, 5.41) is 4.03. The predicted molar refractivity (Wildman–Crippen MR) is 131 cm³/mol. The first-order valence-corrected chi connectivity index (χ1v) is 12.9. The van der Waals surface area contributed by atoms with Gasteiger partial charge in [0.15, 0.2) is 9.84 Å². The van der Waals surface area contributed by atoms with Crippen LogP contribution in [0.1, 0.15) is 32.7 Å². The van der Waals surface area contributed by atoms with Crippen LogP contribution in [-0.4, -0.2) is 44.4 Å². The van der Waals surface area contributed by atoms with Crippen molar-refractivity contribution in [3.05, 3.63) is 92.9 Å². The van der Waals surface area contributed by atoms with E-state index in [0.29, 0.717) is 16.8 Å². The molecular formula is C25H26F3N3O5S. The lowest BCUT2D eigenvalue weighted by Gasteiger charge is -2.20. The maximum absolute atomic E-state index is 13.5. The number of nitrogens with zero attached hydrogens (tertiary/aromatic N) is 2. The zero-order valence-corrected chi connectivity index (χ0v) is 21.4. The van der Waals surface area contributed by atoms with Crippen molar-refractivity contribution in [3.8, 4) is 5.69 Å². The van der Waals surface area contributed by atoms with Crippen LogP contribution in [0, 0.1) is 6.92 Å². The van der Waals surface area contributed by atoms with Crippen LogP contribution in [0.4, 0.5) is 13.2 Å². The van der Waals surface area contributed by atoms with Gasteiger partial charge in [-0.2, -0.15) is 18.2 Å². The summed E-state index contributed by atoms with van der Waals surface area (Å²) in [5.41, 5.74) is -0.765. The topological polar surface area (TPSA) is 97.7 Å². The van der Waals surface area contributed by atoms with E-state index in [1.807, 2.05) is 0 Å². The number of sulfone groups is 1. The van der Waals surface area contributed by atoms with E-state index in [4.69, 9.17) is 4.84 Å². The van der Waals surface area contributed by atoms with Gasteiger partial charge in [-0.3, -0.25) is 14.2 Å². The molecule has 3 rings (SSSR count). The first kappa shape index (κ1) is 28.1. The quantitative estimate of drug-likeness (QED) is 0.442. The molecule has 1 amide bonds. The lowest BCUT2D eigenvalue weighted by molar-refractivity contribution is -0.137. The molecule has 3 aromatic rings. The molecule has 0 bridgehead atoms. The van der Waals surface area contributed by atoms with Gasteiger partial charge in [-0.25, -0.2) is 8.42 Å². The highest BCUT2D eigenvalue weighted by molar-refractivity contribution is 7.90. The van der Waals surface area contributed by atoms with Crippen molar-refractivity contribution < 1.29 is 31.2 Å². The molecule has 0 radical (unpaired) electrons. The largest absolute Gasteiger partial charge is 0.416 e. The normalized spacial score (nSPS) is 12.1. The molecule has 2 aromatic carbocycles. The van der Waals surface area contributed by atoms with Gasteiger partial charge >= 0.3 is 6.18 Å². The molecule has 1 aromatic heterocycles. The molecule has 0 aliphatic heterocycles. The van der Waals surface area contributed by atoms with Crippen molar-refractivity contribution in [1.82, 2.24) is 14.9 Å². The van der Waals surface area contributed by atoms with Gasteiger partial charge in [0.2, 0.25) is 0 Å². The molecule has 0 saturated heterocycles. The second kappa shape index (κ2) is 10.9. The van der Waals surface area contributed by atoms with Gasteiger partial charge in [0.25, 0.3) is 11.5 Å². The molecule has 0 unspecified atom stereocenters. The highest BCUT2D eigenvalue weighted by Crippen LogP contribution is 2.30. The summed E-state index contributed by atoms with van der Waals surface area (Å²) in [6, 6.07) is 11.7. The maximum Gasteiger partial charge on any atom is 0.416 e. The lowest BCUT2D eigenvalue weighted by atomic mass is 10.1. The van der Waals surface area contributed by atoms with Crippen LogP contribution in [0.15, 0.2) is 64.3 Å². The third kappa shape index (κ3) is 6.64. The number of nitrogens with one attached hydrogen (secondary N) is 1. The number of rotatable bonds is 8. The van der Waals surface area contributed by atoms with Crippen LogP contribution in [0.25, 0.3) is 5.69 Å². The monoisotopic (exact) mass is 537 g/mol. The van der Waals surface area contributed by atoms with Crippen LogP contribution >= 0.6 is 0 Å². The number of hydrogen-bond donors (Lipinski definition) is 1. The first-order chi connectivity index (χ1) is 17.2. The Morgan fingerprint density at radius 3 is 2.32 bits per heavy atom. The van der Waals surface area contributed by atoms with Gasteiger partial charge in [0.1, 0.15) is 5.56 Å². The second-order valence-corrected chi connectivity index (χ2v) is 10.5. The van der Waals surface area contributed by atoms with Crippen molar-refractivity contribution >= 4 is 15.7 Å². The van der Waals surface area contributed by atoms with Crippen molar-refractivity contribution in [3.63, 3.8) is 0 Å². The van der Waals surface area contributed by atoms with Gasteiger partial charge in [-0.15, -0.1) is 0 Å². The van der Waals surface area contributed by atoms with Crippen molar-refractivity contribution in [2.24, 2.45) is 0 Å². The Morgan fingerprint density at radius 1 is 1.11 bits per heavy atom. The zero-order valence-electron chi connectivity index (χ0n) is 20.6. The van der Waals surface area contributed by atoms with E-state index in [1.54, 1.807) is 20.0 Å². The summed E-state index contributed by atoms with van der Waals surface area (Å²) in [5.74, 6) is -0.739. The molecule has 0 aliphatic rings. The first-order valence-electron chi connectivity index (χ1n) is 11.0. The standard InChI is InChI=1S/C25H26F3N3O5S/c1-16-12-18(15-30(2)36-3)22(23(32)29-14-17-8-10-21(11-9-17)37(4,34)35)24(33)31(16)20-7-5-6-19(13-20)25(26,27)28/h5-13H,14-15H2,1-4H3,(H,29,32). The van der Waals surface area contributed by atoms with E-state index in [1.165, 1.54) is 48.6 Å². The minimum Gasteiger partial charge on any atom is -0.348 e. The van der Waals surface area contributed by atoms with Crippen molar-refractivity contribution in [2.45, 2.75) is 31.1 Å². The highest BCUT2D eigenvalue weighted by Gasteiger charge is 2.31. The van der Waals surface area contributed by atoms with E-state index in [2.05, 4.69) is 5.32 Å². The zero-order chi connectivity index (χ0) is 27.5. The van der Waals surface area contributed by atoms with Gasteiger partial charge in [0, 0.05) is 37.8 Å². The van der Waals surface area contributed by atoms with Crippen LogP contribution in [0.5, 0.6) is 0 Å². The molecule has 1 heterocycles. The molecule has 0 aliphatic carbocycles. The van der Waals surface area contributed by atoms with E-state index >= 15 is 0 Å². The van der Waals surface area contributed by atoms with Gasteiger partial charge < -0.3 is 10.2 Å². The van der Waals surface area contributed by atoms with E-state index in [0.717, 1.165) is 23.0 Å². The van der Waals surface area contributed by atoms with Crippen LogP contribution < -0.4 is 10.9 Å². The number of halogens is 3. The predicted octanol–water partition coefficient (Wildman–Crippen LogP) is 3.49. The summed E-state index contributed by atoms with van der Waals surface area (Å²) >= 11 is 0. The Bertz CT molecular complexity index is 1470. The SMILES string of the molecule is CON(C)Cc1cc(C)n(-c2cccc(C(F)(F)F)c2)c(=O)c1C(=O)NCc1ccc(S(C)(=O)=O)cc1. The van der Waals surface area contributed by atoms with Crippen LogP contribution in [-0.2, 0) is 33.9 Å².